The second-order valence-corrected chi connectivity index (χ2v) is 5.40. The van der Waals surface area contributed by atoms with Gasteiger partial charge in [0.2, 0.25) is 0 Å². The zero-order valence-corrected chi connectivity index (χ0v) is 12.3. The van der Waals surface area contributed by atoms with Crippen molar-refractivity contribution in [3.05, 3.63) is 22.2 Å². The highest BCUT2D eigenvalue weighted by molar-refractivity contribution is 6.27. The van der Waals surface area contributed by atoms with Gasteiger partial charge in [0.1, 0.15) is 18.0 Å². The van der Waals surface area contributed by atoms with Crippen LogP contribution in [0.15, 0.2) is 10.9 Å². The molecule has 2 rings (SSSR count). The molecule has 4 N–H and O–H groups in total. The Morgan fingerprint density at radius 2 is 2.33 bits per heavy atom. The highest BCUT2D eigenvalue weighted by Gasteiger charge is 2.56. The number of hydrogen-bond donors (Lipinski definition) is 3. The van der Waals surface area contributed by atoms with Gasteiger partial charge in [-0.25, -0.2) is 4.79 Å². The molecule has 1 unspecified atom stereocenters. The molecule has 1 aliphatic heterocycles. The lowest BCUT2D eigenvalue weighted by atomic mass is 9.99. The van der Waals surface area contributed by atoms with E-state index < -0.39 is 35.6 Å². The molecule has 1 aromatic heterocycles. The van der Waals surface area contributed by atoms with Gasteiger partial charge in [-0.3, -0.25) is 4.57 Å². The molecule has 0 saturated carbocycles. The number of nitrogens with two attached hydrogens (primary N) is 1. The summed E-state index contributed by atoms with van der Waals surface area (Å²) in [5, 5.41) is 19.5. The number of aryl methyl sites for hydroxylation is 1. The van der Waals surface area contributed by atoms with Crippen LogP contribution in [0.1, 0.15) is 18.8 Å². The van der Waals surface area contributed by atoms with Gasteiger partial charge in [-0.15, -0.1) is 5.92 Å². The van der Waals surface area contributed by atoms with E-state index in [4.69, 9.17) is 22.1 Å². The number of aliphatic hydroxyl groups excluding tert-OH is 2. The van der Waals surface area contributed by atoms with Crippen molar-refractivity contribution >= 4 is 17.4 Å². The molecule has 4 atom stereocenters. The number of alkyl halides is 1. The first-order valence-corrected chi connectivity index (χ1v) is 6.65. The summed E-state index contributed by atoms with van der Waals surface area (Å²) in [6.07, 6.45) is -3.29. The maximum atomic E-state index is 12.1. The maximum absolute atomic E-state index is 12.1. The number of halogens is 1. The van der Waals surface area contributed by atoms with E-state index in [1.807, 2.05) is 0 Å². The lowest BCUT2D eigenvalue weighted by molar-refractivity contribution is -0.0470. The minimum absolute atomic E-state index is 0.0766. The van der Waals surface area contributed by atoms with Gasteiger partial charge in [0, 0.05) is 5.69 Å². The van der Waals surface area contributed by atoms with Crippen LogP contribution in [0.5, 0.6) is 0 Å². The molecule has 1 saturated heterocycles. The Hall–Kier alpha value is -1.59. The molecule has 0 bridgehead atoms. The van der Waals surface area contributed by atoms with E-state index >= 15 is 0 Å². The van der Waals surface area contributed by atoms with E-state index in [2.05, 4.69) is 16.8 Å². The second kappa shape index (κ2) is 5.66. The molecule has 0 aliphatic carbocycles. The zero-order valence-electron chi connectivity index (χ0n) is 11.6. The van der Waals surface area contributed by atoms with Gasteiger partial charge in [-0.05, 0) is 19.9 Å². The van der Waals surface area contributed by atoms with Gasteiger partial charge in [-0.1, -0.05) is 17.5 Å². The quantitative estimate of drug-likeness (QED) is 0.496. The van der Waals surface area contributed by atoms with E-state index in [1.54, 1.807) is 13.8 Å². The molecule has 114 valence electrons. The predicted octanol–water partition coefficient (Wildman–Crippen LogP) is -0.615. The van der Waals surface area contributed by atoms with Gasteiger partial charge in [0.15, 0.2) is 11.1 Å². The molecule has 0 amide bonds. The first-order valence-electron chi connectivity index (χ1n) is 6.28. The summed E-state index contributed by atoms with van der Waals surface area (Å²) in [5.41, 5.74) is 5.32. The van der Waals surface area contributed by atoms with E-state index in [-0.39, 0.29) is 5.82 Å². The summed E-state index contributed by atoms with van der Waals surface area (Å²) in [4.78, 5) is 14.2. The summed E-state index contributed by atoms with van der Waals surface area (Å²) < 4.78 is 6.70. The number of aliphatic hydroxyl groups is 2. The molecular weight excluding hydrogens is 298 g/mol. The molecule has 2 heterocycles. The van der Waals surface area contributed by atoms with Crippen molar-refractivity contribution in [2.24, 2.45) is 0 Å². The third kappa shape index (κ3) is 2.51. The number of hydrogen-bond acceptors (Lipinski definition) is 6. The smallest absolute Gasteiger partial charge is 0.351 e. The molecule has 1 aliphatic rings. The lowest BCUT2D eigenvalue weighted by Crippen LogP contribution is -2.44. The number of nitrogens with zero attached hydrogens (tertiary/aromatic N) is 2. The monoisotopic (exact) mass is 313 g/mol. The summed E-state index contributed by atoms with van der Waals surface area (Å²) >= 11 is 6.40. The largest absolute Gasteiger partial charge is 0.394 e. The van der Waals surface area contributed by atoms with Crippen LogP contribution in [0.4, 0.5) is 5.82 Å². The predicted molar refractivity (Wildman–Crippen MR) is 76.7 cm³/mol. The van der Waals surface area contributed by atoms with Gasteiger partial charge in [0.05, 0.1) is 6.61 Å². The van der Waals surface area contributed by atoms with Crippen LogP contribution >= 0.6 is 11.6 Å². The molecule has 0 aromatic carbocycles. The minimum atomic E-state index is -1.56. The fourth-order valence-corrected chi connectivity index (χ4v) is 2.77. The third-order valence-electron chi connectivity index (χ3n) is 3.34. The average molecular weight is 314 g/mol. The van der Waals surface area contributed by atoms with Crippen molar-refractivity contribution in [3.63, 3.8) is 0 Å². The van der Waals surface area contributed by atoms with Crippen molar-refractivity contribution in [2.45, 2.75) is 37.2 Å². The van der Waals surface area contributed by atoms with Crippen LogP contribution in [0, 0.1) is 18.8 Å². The minimum Gasteiger partial charge on any atom is -0.394 e. The number of aromatic nitrogens is 2. The highest BCUT2D eigenvalue weighted by atomic mass is 35.5. The standard InChI is InChI=1S/C13H16ClN3O4/c1-3-4-13(14)10(19)8(6-18)21-11(13)17-7(2)5-9(15)16-12(17)20/h5,8,10-11,18-19H,6H2,1-2H3,(H2,15,16,20)/t8-,10?,11-,13-/m1/s1. The maximum Gasteiger partial charge on any atom is 0.351 e. The van der Waals surface area contributed by atoms with Crippen LogP contribution in [-0.4, -0.2) is 43.5 Å². The van der Waals surface area contributed by atoms with Crippen LogP contribution in [-0.2, 0) is 4.74 Å². The number of anilines is 1. The fourth-order valence-electron chi connectivity index (χ4n) is 2.39. The molecular formula is C13H16ClN3O4. The van der Waals surface area contributed by atoms with Crippen LogP contribution < -0.4 is 11.4 Å². The SMILES string of the molecule is CC#C[C@@]1(Cl)C(O)[C@@H](CO)O[C@H]1n1c(C)cc(N)nc1=O. The van der Waals surface area contributed by atoms with Crippen LogP contribution in [0.3, 0.4) is 0 Å². The van der Waals surface area contributed by atoms with E-state index in [9.17, 15) is 15.0 Å². The molecule has 8 heteroatoms. The van der Waals surface area contributed by atoms with Crippen molar-refractivity contribution in [1.82, 2.24) is 9.55 Å². The Bertz CT molecular complexity index is 666. The molecule has 21 heavy (non-hydrogen) atoms. The van der Waals surface area contributed by atoms with Gasteiger partial charge >= 0.3 is 5.69 Å². The van der Waals surface area contributed by atoms with E-state index in [0.717, 1.165) is 0 Å². The number of nitrogen functional groups attached to an aromatic ring is 1. The second-order valence-electron chi connectivity index (χ2n) is 4.77. The first-order chi connectivity index (χ1) is 9.85. The van der Waals surface area contributed by atoms with Gasteiger partial charge in [-0.2, -0.15) is 4.98 Å². The Kier molecular flexibility index (Phi) is 4.25. The average Bonchev–Trinajstić information content (AvgIpc) is 2.63. The van der Waals surface area contributed by atoms with Gasteiger partial charge < -0.3 is 20.7 Å². The van der Waals surface area contributed by atoms with E-state index in [1.165, 1.54) is 10.6 Å². The fraction of sp³-hybridized carbons (Fsp3) is 0.538. The van der Waals surface area contributed by atoms with Crippen LogP contribution in [0.2, 0.25) is 0 Å². The summed E-state index contributed by atoms with van der Waals surface area (Å²) in [6, 6.07) is 1.49. The Balaban J connectivity index is 2.61. The summed E-state index contributed by atoms with van der Waals surface area (Å²) in [7, 11) is 0. The summed E-state index contributed by atoms with van der Waals surface area (Å²) in [6.45, 7) is 2.74. The van der Waals surface area contributed by atoms with Gasteiger partial charge in [0.25, 0.3) is 0 Å². The molecule has 0 spiro atoms. The Morgan fingerprint density at radius 3 is 2.86 bits per heavy atom. The number of rotatable bonds is 2. The molecule has 1 fully saturated rings. The summed E-state index contributed by atoms with van der Waals surface area (Å²) in [5.74, 6) is 5.35. The zero-order chi connectivity index (χ0) is 15.8. The normalized spacial score (nSPS) is 31.8. The van der Waals surface area contributed by atoms with Crippen molar-refractivity contribution in [3.8, 4) is 11.8 Å². The Labute approximate surface area is 126 Å². The van der Waals surface area contributed by atoms with E-state index in [0.29, 0.717) is 5.69 Å². The number of ether oxygens (including phenoxy) is 1. The van der Waals surface area contributed by atoms with Crippen molar-refractivity contribution < 1.29 is 14.9 Å². The lowest BCUT2D eigenvalue weighted by Gasteiger charge is -2.26. The molecule has 0 radical (unpaired) electrons. The topological polar surface area (TPSA) is 111 Å². The first kappa shape index (κ1) is 15.8. The van der Waals surface area contributed by atoms with Crippen LogP contribution in [0.25, 0.3) is 0 Å². The Morgan fingerprint density at radius 1 is 1.67 bits per heavy atom. The molecule has 1 aromatic rings. The van der Waals surface area contributed by atoms with Crippen molar-refractivity contribution in [1.29, 1.82) is 0 Å². The third-order valence-corrected chi connectivity index (χ3v) is 3.85. The highest BCUT2D eigenvalue weighted by Crippen LogP contribution is 2.43. The van der Waals surface area contributed by atoms with Crippen molar-refractivity contribution in [2.75, 3.05) is 12.3 Å². The molecule has 7 nitrogen and oxygen atoms in total.